The molecule has 0 bridgehead atoms. The van der Waals surface area contributed by atoms with Crippen molar-refractivity contribution in [3.05, 3.63) is 35.2 Å². The molecule has 0 amide bonds. The van der Waals surface area contributed by atoms with Gasteiger partial charge >= 0.3 is 0 Å². The molecule has 7 nitrogen and oxygen atoms in total. The van der Waals surface area contributed by atoms with Crippen LogP contribution < -0.4 is 4.90 Å². The van der Waals surface area contributed by atoms with Crippen LogP contribution in [0.15, 0.2) is 24.8 Å². The minimum absolute atomic E-state index is 0.232. The van der Waals surface area contributed by atoms with Crippen LogP contribution in [-0.2, 0) is 17.4 Å². The maximum atomic E-state index is 6.39. The minimum Gasteiger partial charge on any atom is -0.415 e. The number of anilines is 1. The molecule has 0 radical (unpaired) electrons. The molecule has 0 aliphatic carbocycles. The SMILES string of the molecule is CCc1cc2c(N3CCC4(C3)CN(C(c3cnn(CCO[Si](C)(C)C(C)(C)C)c3)C(C)C)C4)ncnc2s1. The molecule has 1 spiro atoms. The average Bonchev–Trinajstić information content (AvgIpc) is 3.56. The molecule has 2 aliphatic heterocycles. The second-order valence-corrected chi connectivity index (χ2v) is 19.3. The highest BCUT2D eigenvalue weighted by Gasteiger charge is 2.50. The van der Waals surface area contributed by atoms with Crippen molar-refractivity contribution in [2.75, 3.05) is 37.7 Å². The van der Waals surface area contributed by atoms with E-state index in [4.69, 9.17) is 14.5 Å². The number of hydrogen-bond donors (Lipinski definition) is 0. The van der Waals surface area contributed by atoms with E-state index in [9.17, 15) is 0 Å². The maximum Gasteiger partial charge on any atom is 0.192 e. The second kappa shape index (κ2) is 10.3. The fourth-order valence-electron chi connectivity index (χ4n) is 5.99. The molecule has 208 valence electrons. The molecule has 9 heteroatoms. The Bertz CT molecular complexity index is 1260. The number of nitrogens with zero attached hydrogens (tertiary/aromatic N) is 6. The predicted octanol–water partition coefficient (Wildman–Crippen LogP) is 6.38. The topological polar surface area (TPSA) is 59.3 Å². The number of rotatable bonds is 9. The molecule has 0 aromatic carbocycles. The summed E-state index contributed by atoms with van der Waals surface area (Å²) >= 11 is 1.80. The smallest absolute Gasteiger partial charge is 0.192 e. The molecule has 5 heterocycles. The Morgan fingerprint density at radius 3 is 2.61 bits per heavy atom. The molecule has 0 N–H and O–H groups in total. The van der Waals surface area contributed by atoms with Gasteiger partial charge in [0, 0.05) is 54.3 Å². The summed E-state index contributed by atoms with van der Waals surface area (Å²) in [6.07, 6.45) is 8.37. The number of likely N-dealkylation sites (tertiary alicyclic amines) is 1. The van der Waals surface area contributed by atoms with E-state index in [1.54, 1.807) is 17.7 Å². The van der Waals surface area contributed by atoms with Crippen LogP contribution in [0.5, 0.6) is 0 Å². The highest BCUT2D eigenvalue weighted by atomic mass is 32.1. The first kappa shape index (κ1) is 27.7. The molecule has 3 aromatic heterocycles. The fraction of sp³-hybridized carbons (Fsp3) is 0.690. The second-order valence-electron chi connectivity index (χ2n) is 13.4. The van der Waals surface area contributed by atoms with Crippen molar-refractivity contribution in [3.63, 3.8) is 0 Å². The Hall–Kier alpha value is -1.81. The molecule has 0 saturated carbocycles. The van der Waals surface area contributed by atoms with Crippen molar-refractivity contribution >= 4 is 35.7 Å². The third-order valence-corrected chi connectivity index (χ3v) is 14.9. The highest BCUT2D eigenvalue weighted by molar-refractivity contribution is 7.18. The molecular formula is C29H46N6OSSi. The summed E-state index contributed by atoms with van der Waals surface area (Å²) in [5.41, 5.74) is 1.70. The van der Waals surface area contributed by atoms with E-state index in [0.29, 0.717) is 17.4 Å². The van der Waals surface area contributed by atoms with Gasteiger partial charge in [0.05, 0.1) is 24.7 Å². The van der Waals surface area contributed by atoms with Crippen molar-refractivity contribution in [3.8, 4) is 0 Å². The van der Waals surface area contributed by atoms with Gasteiger partial charge in [-0.25, -0.2) is 9.97 Å². The number of aryl methyl sites for hydroxylation is 1. The van der Waals surface area contributed by atoms with Gasteiger partial charge in [0.15, 0.2) is 8.32 Å². The van der Waals surface area contributed by atoms with E-state index in [1.807, 2.05) is 0 Å². The zero-order valence-electron chi connectivity index (χ0n) is 24.6. The normalized spacial score (nSPS) is 19.1. The van der Waals surface area contributed by atoms with E-state index < -0.39 is 8.32 Å². The summed E-state index contributed by atoms with van der Waals surface area (Å²) in [7, 11) is -1.73. The molecule has 1 atom stereocenters. The van der Waals surface area contributed by atoms with E-state index in [1.165, 1.54) is 22.2 Å². The first-order chi connectivity index (χ1) is 17.9. The lowest BCUT2D eigenvalue weighted by Gasteiger charge is -2.52. The zero-order chi connectivity index (χ0) is 27.3. The summed E-state index contributed by atoms with van der Waals surface area (Å²) in [5, 5.41) is 6.19. The molecule has 2 fully saturated rings. The van der Waals surface area contributed by atoms with Gasteiger partial charge < -0.3 is 9.33 Å². The lowest BCUT2D eigenvalue weighted by atomic mass is 9.76. The van der Waals surface area contributed by atoms with E-state index in [0.717, 1.165) is 56.4 Å². The Morgan fingerprint density at radius 2 is 1.92 bits per heavy atom. The van der Waals surface area contributed by atoms with Gasteiger partial charge in [0.25, 0.3) is 0 Å². The number of hydrogen-bond acceptors (Lipinski definition) is 7. The predicted molar refractivity (Wildman–Crippen MR) is 161 cm³/mol. The monoisotopic (exact) mass is 554 g/mol. The van der Waals surface area contributed by atoms with Crippen LogP contribution in [0, 0.1) is 11.3 Å². The van der Waals surface area contributed by atoms with Gasteiger partial charge in [0.2, 0.25) is 0 Å². The van der Waals surface area contributed by atoms with Gasteiger partial charge in [-0.05, 0) is 43.0 Å². The van der Waals surface area contributed by atoms with Crippen molar-refractivity contribution < 1.29 is 4.43 Å². The Morgan fingerprint density at radius 1 is 1.16 bits per heavy atom. The molecule has 2 aliphatic rings. The van der Waals surface area contributed by atoms with Gasteiger partial charge in [0.1, 0.15) is 17.0 Å². The van der Waals surface area contributed by atoms with Crippen LogP contribution in [0.2, 0.25) is 18.1 Å². The standard InChI is InChI=1S/C29H46N6OSSi/c1-9-23-14-24-26(30-20-31-27(24)37-23)33-11-10-29(17-33)18-34(19-29)25(21(2)3)22-15-32-35(16-22)12-13-36-38(7,8)28(4,5)6/h14-16,20-21,25H,9-13,17-19H2,1-8H3. The highest BCUT2D eigenvalue weighted by Crippen LogP contribution is 2.47. The lowest BCUT2D eigenvalue weighted by molar-refractivity contribution is -0.0321. The van der Waals surface area contributed by atoms with Crippen LogP contribution in [0.1, 0.15) is 64.4 Å². The molecular weight excluding hydrogens is 509 g/mol. The molecule has 1 unspecified atom stereocenters. The zero-order valence-corrected chi connectivity index (χ0v) is 26.4. The average molecular weight is 555 g/mol. The number of thiophene rings is 1. The number of aromatic nitrogens is 4. The van der Waals surface area contributed by atoms with E-state index in [2.05, 4.69) is 92.6 Å². The molecule has 3 aromatic rings. The molecule has 2 saturated heterocycles. The van der Waals surface area contributed by atoms with Crippen molar-refractivity contribution in [1.82, 2.24) is 24.6 Å². The van der Waals surface area contributed by atoms with Crippen molar-refractivity contribution in [2.45, 2.75) is 85.1 Å². The third kappa shape index (κ3) is 5.31. The van der Waals surface area contributed by atoms with Crippen LogP contribution >= 0.6 is 11.3 Å². The van der Waals surface area contributed by atoms with Gasteiger partial charge in [-0.1, -0.05) is 41.5 Å². The van der Waals surface area contributed by atoms with Crippen molar-refractivity contribution in [1.29, 1.82) is 0 Å². The Kier molecular flexibility index (Phi) is 7.52. The molecule has 5 rings (SSSR count). The van der Waals surface area contributed by atoms with Crippen LogP contribution in [0.4, 0.5) is 5.82 Å². The summed E-state index contributed by atoms with van der Waals surface area (Å²) < 4.78 is 8.47. The van der Waals surface area contributed by atoms with Gasteiger partial charge in [-0.2, -0.15) is 5.10 Å². The minimum atomic E-state index is -1.73. The summed E-state index contributed by atoms with van der Waals surface area (Å²) in [6.45, 7) is 24.4. The fourth-order valence-corrected chi connectivity index (χ4v) is 7.95. The number of fused-ring (bicyclic) bond motifs is 1. The Balaban J connectivity index is 1.21. The van der Waals surface area contributed by atoms with E-state index in [-0.39, 0.29) is 5.04 Å². The Labute approximate surface area is 233 Å². The van der Waals surface area contributed by atoms with Crippen molar-refractivity contribution in [2.24, 2.45) is 11.3 Å². The molecule has 38 heavy (non-hydrogen) atoms. The maximum absolute atomic E-state index is 6.39. The third-order valence-electron chi connectivity index (χ3n) is 9.13. The lowest BCUT2D eigenvalue weighted by Crippen LogP contribution is -2.59. The van der Waals surface area contributed by atoms with Gasteiger partial charge in [-0.3, -0.25) is 9.58 Å². The van der Waals surface area contributed by atoms with Gasteiger partial charge in [-0.15, -0.1) is 11.3 Å². The van der Waals surface area contributed by atoms with Crippen LogP contribution in [-0.4, -0.2) is 65.8 Å². The summed E-state index contributed by atoms with van der Waals surface area (Å²) in [4.78, 5) is 17.0. The van der Waals surface area contributed by atoms with Crippen LogP contribution in [0.3, 0.4) is 0 Å². The summed E-state index contributed by atoms with van der Waals surface area (Å²) in [5.74, 6) is 1.66. The first-order valence-corrected chi connectivity index (χ1v) is 18.0. The quantitative estimate of drug-likeness (QED) is 0.286. The first-order valence-electron chi connectivity index (χ1n) is 14.3. The largest absolute Gasteiger partial charge is 0.415 e. The van der Waals surface area contributed by atoms with Crippen LogP contribution in [0.25, 0.3) is 10.2 Å². The van der Waals surface area contributed by atoms with E-state index >= 15 is 0 Å². The summed E-state index contributed by atoms with van der Waals surface area (Å²) in [6, 6.07) is 2.71.